The highest BCUT2D eigenvalue weighted by atomic mass is 32.2. The summed E-state index contributed by atoms with van der Waals surface area (Å²) in [6, 6.07) is -0.671. The predicted octanol–water partition coefficient (Wildman–Crippen LogP) is -1.15. The van der Waals surface area contributed by atoms with Crippen molar-refractivity contribution in [2.75, 3.05) is 25.4 Å². The molecular formula is C10H19N3O4S. The van der Waals surface area contributed by atoms with Crippen LogP contribution < -0.4 is 16.0 Å². The molecule has 0 aromatic heterocycles. The van der Waals surface area contributed by atoms with E-state index < -0.39 is 27.0 Å². The van der Waals surface area contributed by atoms with E-state index >= 15 is 0 Å². The highest BCUT2D eigenvalue weighted by Crippen LogP contribution is 2.11. The summed E-state index contributed by atoms with van der Waals surface area (Å²) >= 11 is 0. The van der Waals surface area contributed by atoms with E-state index in [2.05, 4.69) is 10.6 Å². The van der Waals surface area contributed by atoms with Crippen molar-refractivity contribution >= 4 is 21.8 Å². The van der Waals surface area contributed by atoms with Crippen molar-refractivity contribution < 1.29 is 18.0 Å². The lowest BCUT2D eigenvalue weighted by atomic mass is 10.1. The average molecular weight is 277 g/mol. The summed E-state index contributed by atoms with van der Waals surface area (Å²) in [6.07, 6.45) is 0. The molecule has 18 heavy (non-hydrogen) atoms. The molecule has 3 amide bonds. The highest BCUT2D eigenvalue weighted by Gasteiger charge is 2.33. The summed E-state index contributed by atoms with van der Waals surface area (Å²) in [4.78, 5) is 22.7. The van der Waals surface area contributed by atoms with Crippen LogP contribution in [0.3, 0.4) is 0 Å². The maximum Gasteiger partial charge on any atom is 0.321 e. The molecule has 1 rings (SSSR count). The lowest BCUT2D eigenvalue weighted by molar-refractivity contribution is -0.119. The smallest absolute Gasteiger partial charge is 0.321 e. The Morgan fingerprint density at radius 1 is 1.39 bits per heavy atom. The van der Waals surface area contributed by atoms with Crippen LogP contribution in [0.15, 0.2) is 0 Å². The molecule has 1 saturated heterocycles. The molecule has 3 N–H and O–H groups in total. The monoisotopic (exact) mass is 277 g/mol. The maximum atomic E-state index is 11.9. The number of amides is 3. The zero-order valence-corrected chi connectivity index (χ0v) is 11.3. The van der Waals surface area contributed by atoms with Gasteiger partial charge in [0.05, 0.1) is 5.75 Å². The lowest BCUT2D eigenvalue weighted by Gasteiger charge is -2.27. The summed E-state index contributed by atoms with van der Waals surface area (Å²) in [7, 11) is -3.51. The normalized spacial score (nSPS) is 17.7. The van der Waals surface area contributed by atoms with Crippen LogP contribution >= 0.6 is 0 Å². The van der Waals surface area contributed by atoms with Gasteiger partial charge in [-0.2, -0.15) is 0 Å². The zero-order chi connectivity index (χ0) is 13.8. The van der Waals surface area contributed by atoms with Gasteiger partial charge in [-0.3, -0.25) is 10.1 Å². The number of rotatable bonds is 5. The largest absolute Gasteiger partial charge is 0.338 e. The zero-order valence-electron chi connectivity index (χ0n) is 10.5. The van der Waals surface area contributed by atoms with Crippen molar-refractivity contribution in [1.82, 2.24) is 16.0 Å². The Labute approximate surface area is 107 Å². The predicted molar refractivity (Wildman–Crippen MR) is 66.8 cm³/mol. The first-order valence-corrected chi connectivity index (χ1v) is 7.59. The van der Waals surface area contributed by atoms with Gasteiger partial charge < -0.3 is 10.6 Å². The van der Waals surface area contributed by atoms with Gasteiger partial charge in [0, 0.05) is 19.6 Å². The third kappa shape index (κ3) is 3.95. The van der Waals surface area contributed by atoms with E-state index in [1.54, 1.807) is 6.92 Å². The van der Waals surface area contributed by atoms with Gasteiger partial charge in [0.15, 0.2) is 9.84 Å². The second-order valence-corrected chi connectivity index (χ2v) is 6.71. The fourth-order valence-electron chi connectivity index (χ4n) is 1.52. The molecule has 0 saturated carbocycles. The van der Waals surface area contributed by atoms with E-state index in [0.717, 1.165) is 0 Å². The standard InChI is InChI=1S/C10H19N3O4S/c1-3-12-10(15)13-9(14)7(2)18(16,17)6-8-4-11-5-8/h7-8,11H,3-6H2,1-2H3,(H2,12,13,14,15). The molecule has 1 heterocycles. The van der Waals surface area contributed by atoms with Crippen LogP contribution in [-0.4, -0.2) is 51.0 Å². The van der Waals surface area contributed by atoms with E-state index in [9.17, 15) is 18.0 Å². The summed E-state index contributed by atoms with van der Waals surface area (Å²) in [5.74, 6) is -0.743. The number of imide groups is 1. The molecule has 0 aromatic rings. The third-order valence-corrected chi connectivity index (χ3v) is 5.04. The minimum Gasteiger partial charge on any atom is -0.338 e. The first-order chi connectivity index (χ1) is 8.36. The van der Waals surface area contributed by atoms with Gasteiger partial charge in [-0.05, 0) is 19.8 Å². The molecule has 1 aliphatic rings. The van der Waals surface area contributed by atoms with Gasteiger partial charge in [-0.1, -0.05) is 0 Å². The highest BCUT2D eigenvalue weighted by molar-refractivity contribution is 7.92. The first-order valence-electron chi connectivity index (χ1n) is 5.87. The topological polar surface area (TPSA) is 104 Å². The lowest BCUT2D eigenvalue weighted by Crippen LogP contribution is -2.50. The van der Waals surface area contributed by atoms with Gasteiger partial charge in [0.2, 0.25) is 5.91 Å². The van der Waals surface area contributed by atoms with E-state index in [1.807, 2.05) is 5.32 Å². The number of carbonyl (C=O) groups is 2. The Bertz CT molecular complexity index is 417. The number of sulfone groups is 1. The maximum absolute atomic E-state index is 11.9. The molecule has 1 atom stereocenters. The Hall–Kier alpha value is -1.15. The Morgan fingerprint density at radius 2 is 2.00 bits per heavy atom. The summed E-state index contributed by atoms with van der Waals surface area (Å²) < 4.78 is 23.8. The molecule has 0 spiro atoms. The summed E-state index contributed by atoms with van der Waals surface area (Å²) in [5, 5.41) is 6.15. The van der Waals surface area contributed by atoms with Crippen molar-refractivity contribution in [3.05, 3.63) is 0 Å². The first kappa shape index (κ1) is 14.9. The van der Waals surface area contributed by atoms with Crippen molar-refractivity contribution in [2.24, 2.45) is 5.92 Å². The molecule has 1 unspecified atom stereocenters. The Kier molecular flexibility index (Phi) is 5.09. The van der Waals surface area contributed by atoms with Gasteiger partial charge in [-0.15, -0.1) is 0 Å². The number of hydrogen-bond donors (Lipinski definition) is 3. The van der Waals surface area contributed by atoms with E-state index in [-0.39, 0.29) is 11.7 Å². The Morgan fingerprint density at radius 3 is 2.44 bits per heavy atom. The van der Waals surface area contributed by atoms with Crippen molar-refractivity contribution in [3.8, 4) is 0 Å². The van der Waals surface area contributed by atoms with E-state index in [4.69, 9.17) is 0 Å². The molecule has 1 aliphatic heterocycles. The molecule has 8 heteroatoms. The minimum absolute atomic E-state index is 0.0238. The van der Waals surface area contributed by atoms with Crippen LogP contribution in [-0.2, 0) is 14.6 Å². The summed E-state index contributed by atoms with van der Waals surface area (Å²) in [5.41, 5.74) is 0. The van der Waals surface area contributed by atoms with Gasteiger partial charge >= 0.3 is 6.03 Å². The van der Waals surface area contributed by atoms with Crippen LogP contribution in [0.5, 0.6) is 0 Å². The van der Waals surface area contributed by atoms with Gasteiger partial charge in [-0.25, -0.2) is 13.2 Å². The minimum atomic E-state index is -3.51. The number of urea groups is 1. The van der Waals surface area contributed by atoms with Crippen molar-refractivity contribution in [1.29, 1.82) is 0 Å². The molecular weight excluding hydrogens is 258 g/mol. The fourth-order valence-corrected chi connectivity index (χ4v) is 3.09. The van der Waals surface area contributed by atoms with Crippen LogP contribution in [0.25, 0.3) is 0 Å². The molecule has 0 radical (unpaired) electrons. The summed E-state index contributed by atoms with van der Waals surface area (Å²) in [6.45, 7) is 4.69. The molecule has 0 aliphatic carbocycles. The van der Waals surface area contributed by atoms with Crippen LogP contribution in [0.1, 0.15) is 13.8 Å². The number of hydrogen-bond acceptors (Lipinski definition) is 5. The third-order valence-electron chi connectivity index (χ3n) is 2.82. The number of carbonyl (C=O) groups excluding carboxylic acids is 2. The van der Waals surface area contributed by atoms with Gasteiger partial charge in [0.1, 0.15) is 5.25 Å². The van der Waals surface area contributed by atoms with E-state index in [0.29, 0.717) is 19.6 Å². The van der Waals surface area contributed by atoms with E-state index in [1.165, 1.54) is 6.92 Å². The molecule has 0 aromatic carbocycles. The second kappa shape index (κ2) is 6.14. The van der Waals surface area contributed by atoms with Crippen LogP contribution in [0.2, 0.25) is 0 Å². The van der Waals surface area contributed by atoms with Gasteiger partial charge in [0.25, 0.3) is 0 Å². The van der Waals surface area contributed by atoms with Crippen LogP contribution in [0.4, 0.5) is 4.79 Å². The fraction of sp³-hybridized carbons (Fsp3) is 0.800. The molecule has 7 nitrogen and oxygen atoms in total. The molecule has 104 valence electrons. The SMILES string of the molecule is CCNC(=O)NC(=O)C(C)S(=O)(=O)CC1CNC1. The quantitative estimate of drug-likeness (QED) is 0.589. The number of nitrogens with one attached hydrogen (secondary N) is 3. The molecule has 1 fully saturated rings. The van der Waals surface area contributed by atoms with Crippen LogP contribution in [0, 0.1) is 5.92 Å². The molecule has 0 bridgehead atoms. The Balaban J connectivity index is 2.53. The van der Waals surface area contributed by atoms with Crippen molar-refractivity contribution in [2.45, 2.75) is 19.1 Å². The second-order valence-electron chi connectivity index (χ2n) is 4.34. The average Bonchev–Trinajstić information content (AvgIpc) is 2.23. The van der Waals surface area contributed by atoms with Crippen molar-refractivity contribution in [3.63, 3.8) is 0 Å².